The number of ether oxygens (including phenoxy) is 1. The highest BCUT2D eigenvalue weighted by Crippen LogP contribution is 2.31. The molecular weight excluding hydrogens is 323 g/mol. The molecule has 0 saturated carbocycles. The Morgan fingerprint density at radius 1 is 1.27 bits per heavy atom. The number of halogens is 4. The molecule has 116 valence electrons. The Morgan fingerprint density at radius 2 is 1.91 bits per heavy atom. The Hall–Kier alpha value is -2.28. The van der Waals surface area contributed by atoms with E-state index in [2.05, 4.69) is 4.98 Å². The third kappa shape index (κ3) is 3.88. The highest BCUT2D eigenvalue weighted by atomic mass is 35.5. The van der Waals surface area contributed by atoms with Gasteiger partial charge in [0.25, 0.3) is 0 Å². The predicted molar refractivity (Wildman–Crippen MR) is 72.0 cm³/mol. The van der Waals surface area contributed by atoms with Gasteiger partial charge in [-0.25, -0.2) is 4.79 Å². The zero-order valence-electron chi connectivity index (χ0n) is 10.9. The highest BCUT2D eigenvalue weighted by Gasteiger charge is 2.31. The quantitative estimate of drug-likeness (QED) is 0.919. The van der Waals surface area contributed by atoms with Crippen molar-refractivity contribution in [2.45, 2.75) is 12.8 Å². The van der Waals surface area contributed by atoms with E-state index in [4.69, 9.17) is 21.4 Å². The van der Waals surface area contributed by atoms with Crippen molar-refractivity contribution in [3.8, 4) is 5.75 Å². The summed E-state index contributed by atoms with van der Waals surface area (Å²) in [5.41, 5.74) is -0.693. The van der Waals surface area contributed by atoms with Crippen LogP contribution in [0.15, 0.2) is 36.5 Å². The number of rotatable bonds is 4. The highest BCUT2D eigenvalue weighted by molar-refractivity contribution is 6.31. The molecule has 1 aromatic heterocycles. The first-order chi connectivity index (χ1) is 10.3. The van der Waals surface area contributed by atoms with Gasteiger partial charge in [-0.15, -0.1) is 0 Å². The Kier molecular flexibility index (Phi) is 4.56. The number of carboxylic acid groups (broad SMARTS) is 1. The van der Waals surface area contributed by atoms with Crippen LogP contribution < -0.4 is 4.74 Å². The summed E-state index contributed by atoms with van der Waals surface area (Å²) in [6, 6.07) is 6.34. The fourth-order valence-electron chi connectivity index (χ4n) is 1.57. The lowest BCUT2D eigenvalue weighted by molar-refractivity contribution is -0.137. The summed E-state index contributed by atoms with van der Waals surface area (Å²) < 4.78 is 42.7. The largest absolute Gasteiger partial charge is 0.487 e. The molecule has 0 aliphatic rings. The van der Waals surface area contributed by atoms with Crippen molar-refractivity contribution in [2.75, 3.05) is 0 Å². The Bertz CT molecular complexity index is 687. The minimum atomic E-state index is -4.51. The van der Waals surface area contributed by atoms with Crippen molar-refractivity contribution in [3.63, 3.8) is 0 Å². The number of carboxylic acids is 1. The maximum Gasteiger partial charge on any atom is 0.417 e. The molecule has 0 spiro atoms. The summed E-state index contributed by atoms with van der Waals surface area (Å²) >= 11 is 5.75. The Morgan fingerprint density at radius 3 is 2.41 bits per heavy atom. The van der Waals surface area contributed by atoms with Crippen LogP contribution in [0, 0.1) is 0 Å². The molecule has 0 saturated heterocycles. The zero-order chi connectivity index (χ0) is 16.3. The van der Waals surface area contributed by atoms with Crippen molar-refractivity contribution in [3.05, 3.63) is 58.4 Å². The van der Waals surface area contributed by atoms with E-state index in [1.807, 2.05) is 0 Å². The van der Waals surface area contributed by atoms with Gasteiger partial charge >= 0.3 is 12.1 Å². The normalized spacial score (nSPS) is 11.3. The van der Waals surface area contributed by atoms with Crippen LogP contribution >= 0.6 is 11.6 Å². The topological polar surface area (TPSA) is 59.4 Å². The van der Waals surface area contributed by atoms with E-state index in [1.165, 1.54) is 24.3 Å². The lowest BCUT2D eigenvalue weighted by atomic mass is 10.2. The summed E-state index contributed by atoms with van der Waals surface area (Å²) in [5.74, 6) is -0.721. The van der Waals surface area contributed by atoms with Gasteiger partial charge in [-0.1, -0.05) is 11.6 Å². The molecule has 1 heterocycles. The number of alkyl halides is 3. The zero-order valence-corrected chi connectivity index (χ0v) is 11.6. The minimum absolute atomic E-state index is 0.0954. The number of benzene rings is 1. The van der Waals surface area contributed by atoms with Gasteiger partial charge in [-0.05, 0) is 30.3 Å². The first-order valence-corrected chi connectivity index (χ1v) is 6.33. The summed E-state index contributed by atoms with van der Waals surface area (Å²) in [7, 11) is 0. The standard InChI is InChI=1S/C14H9ClF3NO3/c15-11-5-9(14(16,17)18)6-19-12(11)7-22-10-3-1-8(2-4-10)13(20)21/h1-6H,7H2,(H,20,21). The number of hydrogen-bond acceptors (Lipinski definition) is 3. The third-order valence-corrected chi connectivity index (χ3v) is 3.05. The molecule has 8 heteroatoms. The molecule has 0 bridgehead atoms. The van der Waals surface area contributed by atoms with Gasteiger partial charge in [0.1, 0.15) is 12.4 Å². The van der Waals surface area contributed by atoms with Crippen LogP contribution in [0.5, 0.6) is 5.75 Å². The summed E-state index contributed by atoms with van der Waals surface area (Å²) in [5, 5.41) is 8.60. The van der Waals surface area contributed by atoms with Gasteiger partial charge in [-0.3, -0.25) is 4.98 Å². The van der Waals surface area contributed by atoms with Gasteiger partial charge < -0.3 is 9.84 Å². The molecule has 2 aromatic rings. The maximum absolute atomic E-state index is 12.5. The SMILES string of the molecule is O=C(O)c1ccc(OCc2ncc(C(F)(F)F)cc2Cl)cc1. The van der Waals surface area contributed by atoms with Crippen molar-refractivity contribution >= 4 is 17.6 Å². The van der Waals surface area contributed by atoms with Crippen LogP contribution in [0.4, 0.5) is 13.2 Å². The number of pyridine rings is 1. The van der Waals surface area contributed by atoms with E-state index < -0.39 is 17.7 Å². The van der Waals surface area contributed by atoms with E-state index >= 15 is 0 Å². The molecule has 2 rings (SSSR count). The van der Waals surface area contributed by atoms with Crippen molar-refractivity contribution in [1.29, 1.82) is 0 Å². The molecule has 1 N–H and O–H groups in total. The molecule has 0 aliphatic carbocycles. The molecular formula is C14H9ClF3NO3. The van der Waals surface area contributed by atoms with Crippen LogP contribution in [0.1, 0.15) is 21.6 Å². The van der Waals surface area contributed by atoms with Crippen LogP contribution in [0.2, 0.25) is 5.02 Å². The van der Waals surface area contributed by atoms with E-state index in [9.17, 15) is 18.0 Å². The van der Waals surface area contributed by atoms with Gasteiger partial charge in [0.2, 0.25) is 0 Å². The van der Waals surface area contributed by atoms with Gasteiger partial charge in [-0.2, -0.15) is 13.2 Å². The first kappa shape index (κ1) is 16.1. The minimum Gasteiger partial charge on any atom is -0.487 e. The van der Waals surface area contributed by atoms with Crippen molar-refractivity contribution in [2.24, 2.45) is 0 Å². The molecule has 22 heavy (non-hydrogen) atoms. The number of nitrogens with zero attached hydrogens (tertiary/aromatic N) is 1. The summed E-state index contributed by atoms with van der Waals surface area (Å²) in [6.45, 7) is -0.136. The van der Waals surface area contributed by atoms with Crippen LogP contribution in [-0.2, 0) is 12.8 Å². The second-order valence-electron chi connectivity index (χ2n) is 4.27. The molecule has 0 fully saturated rings. The van der Waals surface area contributed by atoms with Gasteiger partial charge in [0.15, 0.2) is 0 Å². The second-order valence-corrected chi connectivity index (χ2v) is 4.68. The molecule has 0 aliphatic heterocycles. The second kappa shape index (κ2) is 6.23. The average Bonchev–Trinajstić information content (AvgIpc) is 2.45. The fraction of sp³-hybridized carbons (Fsp3) is 0.143. The van der Waals surface area contributed by atoms with Crippen molar-refractivity contribution < 1.29 is 27.8 Å². The molecule has 1 aromatic carbocycles. The van der Waals surface area contributed by atoms with Crippen molar-refractivity contribution in [1.82, 2.24) is 4.98 Å². The third-order valence-electron chi connectivity index (χ3n) is 2.72. The molecule has 4 nitrogen and oxygen atoms in total. The van der Waals surface area contributed by atoms with E-state index in [0.29, 0.717) is 11.9 Å². The Balaban J connectivity index is 2.07. The smallest absolute Gasteiger partial charge is 0.417 e. The lowest BCUT2D eigenvalue weighted by Gasteiger charge is -2.10. The average molecular weight is 332 g/mol. The number of hydrogen-bond donors (Lipinski definition) is 1. The Labute approximate surface area is 128 Å². The number of aromatic carboxylic acids is 1. The molecule has 0 radical (unpaired) electrons. The predicted octanol–water partition coefficient (Wildman–Crippen LogP) is 4.03. The molecule has 0 atom stereocenters. The van der Waals surface area contributed by atoms with Crippen LogP contribution in [-0.4, -0.2) is 16.1 Å². The number of aromatic nitrogens is 1. The van der Waals surface area contributed by atoms with E-state index in [0.717, 1.165) is 6.07 Å². The number of carbonyl (C=O) groups is 1. The summed E-state index contributed by atoms with van der Waals surface area (Å²) in [4.78, 5) is 14.3. The maximum atomic E-state index is 12.5. The fourth-order valence-corrected chi connectivity index (χ4v) is 1.79. The van der Waals surface area contributed by atoms with Gasteiger partial charge in [0, 0.05) is 6.20 Å². The summed E-state index contributed by atoms with van der Waals surface area (Å²) in [6.07, 6.45) is -3.83. The first-order valence-electron chi connectivity index (χ1n) is 5.95. The monoisotopic (exact) mass is 331 g/mol. The molecule has 0 unspecified atom stereocenters. The molecule has 0 amide bonds. The van der Waals surface area contributed by atoms with Crippen LogP contribution in [0.25, 0.3) is 0 Å². The van der Waals surface area contributed by atoms with E-state index in [1.54, 1.807) is 0 Å². The lowest BCUT2D eigenvalue weighted by Crippen LogP contribution is -2.07. The van der Waals surface area contributed by atoms with Crippen LogP contribution in [0.3, 0.4) is 0 Å². The van der Waals surface area contributed by atoms with Gasteiger partial charge in [0.05, 0.1) is 21.8 Å². The van der Waals surface area contributed by atoms with E-state index in [-0.39, 0.29) is 22.9 Å².